The summed E-state index contributed by atoms with van der Waals surface area (Å²) >= 11 is 5.79. The number of hydrogen-bond donors (Lipinski definition) is 0. The van der Waals surface area contributed by atoms with Crippen molar-refractivity contribution in [2.75, 3.05) is 0 Å². The fourth-order valence-electron chi connectivity index (χ4n) is 1.41. The summed E-state index contributed by atoms with van der Waals surface area (Å²) in [7, 11) is -1.04. The molecular weight excluding hydrogens is 266 g/mol. The van der Waals surface area contributed by atoms with Crippen molar-refractivity contribution in [3.63, 3.8) is 0 Å². The molecule has 0 fully saturated rings. The molecule has 0 N–H and O–H groups in total. The molecule has 0 radical (unpaired) electrons. The summed E-state index contributed by atoms with van der Waals surface area (Å²) in [6, 6.07) is 13.0. The first-order valence-corrected chi connectivity index (χ1v) is 7.21. The number of aromatic nitrogens is 1. The molecule has 0 saturated carbocycles. The average molecular weight is 278 g/mol. The third-order valence-electron chi connectivity index (χ3n) is 2.30. The minimum absolute atomic E-state index is 0.487. The van der Waals surface area contributed by atoms with Gasteiger partial charge in [-0.2, -0.15) is 0 Å². The van der Waals surface area contributed by atoms with Gasteiger partial charge in [0.2, 0.25) is 0 Å². The van der Waals surface area contributed by atoms with Crippen LogP contribution in [0.3, 0.4) is 0 Å². The molecule has 1 unspecified atom stereocenters. The van der Waals surface area contributed by atoms with Gasteiger partial charge in [0.1, 0.15) is 0 Å². The van der Waals surface area contributed by atoms with Crippen molar-refractivity contribution in [1.82, 2.24) is 4.98 Å². The van der Waals surface area contributed by atoms with Crippen LogP contribution in [0.5, 0.6) is 0 Å². The molecule has 1 aromatic heterocycles. The van der Waals surface area contributed by atoms with Gasteiger partial charge in [-0.15, -0.1) is 0 Å². The zero-order valence-electron chi connectivity index (χ0n) is 9.62. The highest BCUT2D eigenvalue weighted by Crippen LogP contribution is 2.11. The Bertz CT molecular complexity index is 552. The third-order valence-corrected chi connectivity index (χ3v) is 3.61. The molecular formula is C14H12ClNOS. The summed E-state index contributed by atoms with van der Waals surface area (Å²) < 4.78 is 11.8. The second-order valence-electron chi connectivity index (χ2n) is 3.71. The topological polar surface area (TPSA) is 30.0 Å². The Labute approximate surface area is 114 Å². The van der Waals surface area contributed by atoms with Crippen molar-refractivity contribution in [2.45, 2.75) is 5.75 Å². The Kier molecular flexibility index (Phi) is 4.67. The van der Waals surface area contributed by atoms with Crippen molar-refractivity contribution in [1.29, 1.82) is 0 Å². The molecule has 0 aliphatic carbocycles. The van der Waals surface area contributed by atoms with E-state index in [9.17, 15) is 4.21 Å². The number of hydrogen-bond acceptors (Lipinski definition) is 2. The van der Waals surface area contributed by atoms with E-state index in [2.05, 4.69) is 4.98 Å². The predicted octanol–water partition coefficient (Wildman–Crippen LogP) is 3.65. The molecule has 0 bridgehead atoms. The quantitative estimate of drug-likeness (QED) is 0.854. The molecule has 0 aliphatic heterocycles. The Morgan fingerprint density at radius 2 is 1.94 bits per heavy atom. The lowest BCUT2D eigenvalue weighted by atomic mass is 10.2. The monoisotopic (exact) mass is 277 g/mol. The SMILES string of the molecule is O=S(C=Cc1ccccn1)Cc1ccc(Cl)cc1. The summed E-state index contributed by atoms with van der Waals surface area (Å²) in [6.45, 7) is 0. The second-order valence-corrected chi connectivity index (χ2v) is 5.47. The molecule has 2 rings (SSSR count). The van der Waals surface area contributed by atoms with Crippen molar-refractivity contribution in [3.05, 3.63) is 70.3 Å². The first kappa shape index (κ1) is 13.0. The van der Waals surface area contributed by atoms with Crippen LogP contribution in [-0.4, -0.2) is 9.19 Å². The molecule has 1 atom stereocenters. The summed E-state index contributed by atoms with van der Waals surface area (Å²) in [6.07, 6.45) is 3.48. The third kappa shape index (κ3) is 4.09. The standard InChI is InChI=1S/C14H12ClNOS/c15-13-6-4-12(5-7-13)11-18(17)10-8-14-3-1-2-9-16-14/h1-10H,11H2. The number of rotatable bonds is 4. The molecule has 0 aliphatic rings. The lowest BCUT2D eigenvalue weighted by molar-refractivity contribution is 0.688. The van der Waals surface area contributed by atoms with Gasteiger partial charge in [0.05, 0.1) is 22.2 Å². The zero-order valence-corrected chi connectivity index (χ0v) is 11.2. The predicted molar refractivity (Wildman–Crippen MR) is 76.6 cm³/mol. The van der Waals surface area contributed by atoms with Crippen LogP contribution in [0.4, 0.5) is 0 Å². The van der Waals surface area contributed by atoms with Crippen molar-refractivity contribution in [2.24, 2.45) is 0 Å². The Morgan fingerprint density at radius 1 is 1.17 bits per heavy atom. The summed E-state index contributed by atoms with van der Waals surface area (Å²) in [5.41, 5.74) is 1.81. The van der Waals surface area contributed by atoms with Crippen LogP contribution in [0.25, 0.3) is 6.08 Å². The number of benzene rings is 1. The van der Waals surface area contributed by atoms with Crippen LogP contribution >= 0.6 is 11.6 Å². The first-order valence-electron chi connectivity index (χ1n) is 5.45. The van der Waals surface area contributed by atoms with Gasteiger partial charge in [-0.3, -0.25) is 9.19 Å². The molecule has 18 heavy (non-hydrogen) atoms. The molecule has 92 valence electrons. The first-order chi connectivity index (χ1) is 8.74. The lowest BCUT2D eigenvalue weighted by Crippen LogP contribution is -1.91. The minimum Gasteiger partial charge on any atom is -0.257 e. The van der Waals surface area contributed by atoms with Crippen molar-refractivity contribution < 1.29 is 4.21 Å². The number of nitrogens with zero attached hydrogens (tertiary/aromatic N) is 1. The van der Waals surface area contributed by atoms with E-state index in [1.807, 2.05) is 30.3 Å². The highest BCUT2D eigenvalue weighted by molar-refractivity contribution is 7.87. The summed E-state index contributed by atoms with van der Waals surface area (Å²) in [4.78, 5) is 4.13. The Balaban J connectivity index is 1.97. The van der Waals surface area contributed by atoms with E-state index < -0.39 is 10.8 Å². The van der Waals surface area contributed by atoms with Gasteiger partial charge in [0.25, 0.3) is 0 Å². The van der Waals surface area contributed by atoms with Crippen LogP contribution < -0.4 is 0 Å². The van der Waals surface area contributed by atoms with Crippen molar-refractivity contribution >= 4 is 28.5 Å². The fraction of sp³-hybridized carbons (Fsp3) is 0.0714. The smallest absolute Gasteiger partial charge is 0.0635 e. The van der Waals surface area contributed by atoms with Crippen LogP contribution in [-0.2, 0) is 16.6 Å². The highest BCUT2D eigenvalue weighted by Gasteiger charge is 1.98. The molecule has 0 amide bonds. The highest BCUT2D eigenvalue weighted by atomic mass is 35.5. The van der Waals surface area contributed by atoms with Gasteiger partial charge in [0, 0.05) is 16.6 Å². The van der Waals surface area contributed by atoms with Crippen LogP contribution in [0.2, 0.25) is 5.02 Å². The van der Waals surface area contributed by atoms with E-state index >= 15 is 0 Å². The maximum absolute atomic E-state index is 11.8. The number of pyridine rings is 1. The van der Waals surface area contributed by atoms with Gasteiger partial charge in [-0.1, -0.05) is 29.8 Å². The van der Waals surface area contributed by atoms with Gasteiger partial charge < -0.3 is 0 Å². The largest absolute Gasteiger partial charge is 0.257 e. The second kappa shape index (κ2) is 6.47. The van der Waals surface area contributed by atoms with Crippen LogP contribution in [0, 0.1) is 0 Å². The molecule has 1 heterocycles. The van der Waals surface area contributed by atoms with Gasteiger partial charge in [-0.25, -0.2) is 0 Å². The molecule has 0 spiro atoms. The molecule has 1 aromatic carbocycles. The van der Waals surface area contributed by atoms with E-state index in [4.69, 9.17) is 11.6 Å². The Morgan fingerprint density at radius 3 is 2.61 bits per heavy atom. The lowest BCUT2D eigenvalue weighted by Gasteiger charge is -1.98. The fourth-order valence-corrected chi connectivity index (χ4v) is 2.45. The van der Waals surface area contributed by atoms with Crippen LogP contribution in [0.1, 0.15) is 11.3 Å². The van der Waals surface area contributed by atoms with E-state index in [0.717, 1.165) is 11.3 Å². The molecule has 2 aromatic rings. The van der Waals surface area contributed by atoms with Crippen molar-refractivity contribution in [3.8, 4) is 0 Å². The maximum Gasteiger partial charge on any atom is 0.0635 e. The van der Waals surface area contributed by atoms with Gasteiger partial charge in [0.15, 0.2) is 0 Å². The zero-order chi connectivity index (χ0) is 12.8. The van der Waals surface area contributed by atoms with Crippen LogP contribution in [0.15, 0.2) is 54.1 Å². The maximum atomic E-state index is 11.8. The van der Waals surface area contributed by atoms with E-state index in [0.29, 0.717) is 10.8 Å². The summed E-state index contributed by atoms with van der Waals surface area (Å²) in [5.74, 6) is 0.487. The minimum atomic E-state index is -1.04. The Hall–Kier alpha value is -1.45. The molecule has 0 saturated heterocycles. The summed E-state index contributed by atoms with van der Waals surface area (Å²) in [5, 5.41) is 2.35. The van der Waals surface area contributed by atoms with Gasteiger partial charge in [-0.05, 0) is 35.9 Å². The average Bonchev–Trinajstić information content (AvgIpc) is 2.40. The van der Waals surface area contributed by atoms with E-state index in [1.165, 1.54) is 0 Å². The van der Waals surface area contributed by atoms with Gasteiger partial charge >= 0.3 is 0 Å². The van der Waals surface area contributed by atoms with E-state index in [1.54, 1.807) is 29.8 Å². The molecule has 2 nitrogen and oxygen atoms in total. The normalized spacial score (nSPS) is 12.7. The molecule has 4 heteroatoms. The number of halogens is 1. The van der Waals surface area contributed by atoms with E-state index in [-0.39, 0.29) is 0 Å².